The SMILES string of the molecule is CCNC(Cc1c(C)cccc1C)c1cncc(F)c1. The van der Waals surface area contributed by atoms with Gasteiger partial charge in [-0.3, -0.25) is 4.98 Å². The van der Waals surface area contributed by atoms with Crippen LogP contribution < -0.4 is 5.32 Å². The second kappa shape index (κ2) is 6.62. The third kappa shape index (κ3) is 3.42. The van der Waals surface area contributed by atoms with Gasteiger partial charge in [0.1, 0.15) is 5.82 Å². The van der Waals surface area contributed by atoms with E-state index in [-0.39, 0.29) is 11.9 Å². The molecule has 3 heteroatoms. The number of benzene rings is 1. The molecule has 2 rings (SSSR count). The van der Waals surface area contributed by atoms with E-state index >= 15 is 0 Å². The van der Waals surface area contributed by atoms with Gasteiger partial charge in [-0.2, -0.15) is 0 Å². The number of nitrogens with one attached hydrogen (secondary N) is 1. The maximum absolute atomic E-state index is 13.4. The molecule has 0 aliphatic heterocycles. The molecule has 1 N–H and O–H groups in total. The molecule has 0 bridgehead atoms. The fraction of sp³-hybridized carbons (Fsp3) is 0.353. The van der Waals surface area contributed by atoms with Gasteiger partial charge in [0.25, 0.3) is 0 Å². The largest absolute Gasteiger partial charge is 0.310 e. The molecule has 0 amide bonds. The van der Waals surface area contributed by atoms with Crippen LogP contribution in [-0.2, 0) is 6.42 Å². The first-order valence-corrected chi connectivity index (χ1v) is 7.00. The highest BCUT2D eigenvalue weighted by atomic mass is 19.1. The lowest BCUT2D eigenvalue weighted by Gasteiger charge is -2.20. The quantitative estimate of drug-likeness (QED) is 0.897. The lowest BCUT2D eigenvalue weighted by Crippen LogP contribution is -2.24. The first kappa shape index (κ1) is 14.7. The predicted octanol–water partition coefficient (Wildman–Crippen LogP) is 3.73. The molecule has 1 atom stereocenters. The molecule has 106 valence electrons. The Morgan fingerprint density at radius 2 is 1.90 bits per heavy atom. The zero-order valence-corrected chi connectivity index (χ0v) is 12.3. The monoisotopic (exact) mass is 272 g/mol. The Kier molecular flexibility index (Phi) is 4.85. The van der Waals surface area contributed by atoms with Crippen molar-refractivity contribution in [1.29, 1.82) is 0 Å². The van der Waals surface area contributed by atoms with Gasteiger partial charge in [-0.25, -0.2) is 4.39 Å². The van der Waals surface area contributed by atoms with E-state index in [0.29, 0.717) is 0 Å². The average Bonchev–Trinajstić information content (AvgIpc) is 2.42. The topological polar surface area (TPSA) is 24.9 Å². The van der Waals surface area contributed by atoms with Gasteiger partial charge in [0.15, 0.2) is 0 Å². The highest BCUT2D eigenvalue weighted by molar-refractivity contribution is 5.35. The molecule has 1 aromatic heterocycles. The normalized spacial score (nSPS) is 12.4. The minimum absolute atomic E-state index is 0.0861. The average molecular weight is 272 g/mol. The van der Waals surface area contributed by atoms with Gasteiger partial charge in [0.05, 0.1) is 6.20 Å². The van der Waals surface area contributed by atoms with Crippen LogP contribution in [0.4, 0.5) is 4.39 Å². The fourth-order valence-corrected chi connectivity index (χ4v) is 2.55. The Labute approximate surface area is 120 Å². The van der Waals surface area contributed by atoms with Gasteiger partial charge < -0.3 is 5.32 Å². The van der Waals surface area contributed by atoms with Crippen molar-refractivity contribution in [3.63, 3.8) is 0 Å². The molecular weight excluding hydrogens is 251 g/mol. The van der Waals surface area contributed by atoms with Crippen molar-refractivity contribution in [1.82, 2.24) is 10.3 Å². The van der Waals surface area contributed by atoms with Crippen molar-refractivity contribution < 1.29 is 4.39 Å². The number of aromatic nitrogens is 1. The second-order valence-electron chi connectivity index (χ2n) is 5.12. The van der Waals surface area contributed by atoms with Crippen molar-refractivity contribution >= 4 is 0 Å². The lowest BCUT2D eigenvalue weighted by molar-refractivity contribution is 0.537. The van der Waals surface area contributed by atoms with Crippen molar-refractivity contribution in [3.8, 4) is 0 Å². The molecule has 1 unspecified atom stereocenters. The summed E-state index contributed by atoms with van der Waals surface area (Å²) in [6.07, 6.45) is 3.83. The summed E-state index contributed by atoms with van der Waals surface area (Å²) in [5.74, 6) is -0.285. The number of halogens is 1. The van der Waals surface area contributed by atoms with Gasteiger partial charge in [0.2, 0.25) is 0 Å². The van der Waals surface area contributed by atoms with E-state index < -0.39 is 0 Å². The van der Waals surface area contributed by atoms with Gasteiger partial charge >= 0.3 is 0 Å². The molecule has 0 saturated carbocycles. The first-order valence-electron chi connectivity index (χ1n) is 7.00. The Bertz CT molecular complexity index is 561. The standard InChI is InChI=1S/C17H21FN2/c1-4-20-17(14-8-15(18)11-19-10-14)9-16-12(2)6-5-7-13(16)3/h5-8,10-11,17,20H,4,9H2,1-3H3. The Balaban J connectivity index is 2.30. The smallest absolute Gasteiger partial charge is 0.141 e. The molecular formula is C17H21FN2. The van der Waals surface area contributed by atoms with Crippen LogP contribution in [0, 0.1) is 19.7 Å². The van der Waals surface area contributed by atoms with Crippen molar-refractivity contribution in [2.45, 2.75) is 33.2 Å². The second-order valence-corrected chi connectivity index (χ2v) is 5.12. The maximum atomic E-state index is 13.4. The number of rotatable bonds is 5. The highest BCUT2D eigenvalue weighted by Gasteiger charge is 2.14. The molecule has 2 nitrogen and oxygen atoms in total. The molecule has 0 aliphatic carbocycles. The molecule has 0 saturated heterocycles. The Hall–Kier alpha value is -1.74. The number of likely N-dealkylation sites (N-methyl/N-ethyl adjacent to an activating group) is 1. The summed E-state index contributed by atoms with van der Waals surface area (Å²) in [4.78, 5) is 3.96. The predicted molar refractivity (Wildman–Crippen MR) is 80.2 cm³/mol. The van der Waals surface area contributed by atoms with Gasteiger partial charge in [0, 0.05) is 12.2 Å². The molecule has 0 radical (unpaired) electrons. The molecule has 20 heavy (non-hydrogen) atoms. The van der Waals surface area contributed by atoms with E-state index in [1.165, 1.54) is 22.9 Å². The van der Waals surface area contributed by atoms with Crippen molar-refractivity contribution in [2.75, 3.05) is 6.54 Å². The zero-order chi connectivity index (χ0) is 14.5. The van der Waals surface area contributed by atoms with Crippen LogP contribution in [0.5, 0.6) is 0 Å². The zero-order valence-electron chi connectivity index (χ0n) is 12.3. The van der Waals surface area contributed by atoms with Crippen LogP contribution in [0.2, 0.25) is 0 Å². The van der Waals surface area contributed by atoms with Gasteiger partial charge in [-0.15, -0.1) is 0 Å². The molecule has 0 fully saturated rings. The molecule has 0 aliphatic rings. The van der Waals surface area contributed by atoms with E-state index in [2.05, 4.69) is 49.3 Å². The van der Waals surface area contributed by atoms with Crippen LogP contribution in [0.25, 0.3) is 0 Å². The van der Waals surface area contributed by atoms with Crippen LogP contribution in [-0.4, -0.2) is 11.5 Å². The third-order valence-electron chi connectivity index (χ3n) is 3.63. The summed E-state index contributed by atoms with van der Waals surface area (Å²) in [7, 11) is 0. The number of pyridine rings is 1. The first-order chi connectivity index (χ1) is 9.61. The summed E-state index contributed by atoms with van der Waals surface area (Å²) < 4.78 is 13.4. The summed E-state index contributed by atoms with van der Waals surface area (Å²) in [5.41, 5.74) is 4.77. The van der Waals surface area contributed by atoms with Crippen LogP contribution in [0.3, 0.4) is 0 Å². The van der Waals surface area contributed by atoms with E-state index in [9.17, 15) is 4.39 Å². The molecule has 1 aromatic carbocycles. The maximum Gasteiger partial charge on any atom is 0.141 e. The third-order valence-corrected chi connectivity index (χ3v) is 3.63. The number of hydrogen-bond donors (Lipinski definition) is 1. The Morgan fingerprint density at radius 3 is 2.50 bits per heavy atom. The minimum Gasteiger partial charge on any atom is -0.310 e. The molecule has 1 heterocycles. The van der Waals surface area contributed by atoms with Crippen molar-refractivity contribution in [2.24, 2.45) is 0 Å². The number of aryl methyl sites for hydroxylation is 2. The number of nitrogens with zero attached hydrogens (tertiary/aromatic N) is 1. The summed E-state index contributed by atoms with van der Waals surface area (Å²) in [6, 6.07) is 7.96. The molecule has 2 aromatic rings. The summed E-state index contributed by atoms with van der Waals surface area (Å²) in [5, 5.41) is 3.42. The fourth-order valence-electron chi connectivity index (χ4n) is 2.55. The summed E-state index contributed by atoms with van der Waals surface area (Å²) in [6.45, 7) is 7.14. The Morgan fingerprint density at radius 1 is 1.20 bits per heavy atom. The van der Waals surface area contributed by atoms with E-state index in [1.54, 1.807) is 12.3 Å². The van der Waals surface area contributed by atoms with E-state index in [1.807, 2.05) is 0 Å². The van der Waals surface area contributed by atoms with Crippen molar-refractivity contribution in [3.05, 3.63) is 64.7 Å². The van der Waals surface area contributed by atoms with Gasteiger partial charge in [-0.05, 0) is 55.1 Å². The minimum atomic E-state index is -0.285. The summed E-state index contributed by atoms with van der Waals surface area (Å²) >= 11 is 0. The van der Waals surface area contributed by atoms with E-state index in [4.69, 9.17) is 0 Å². The lowest BCUT2D eigenvalue weighted by atomic mass is 9.93. The van der Waals surface area contributed by atoms with Gasteiger partial charge in [-0.1, -0.05) is 25.1 Å². The van der Waals surface area contributed by atoms with Crippen LogP contribution in [0.15, 0.2) is 36.7 Å². The van der Waals surface area contributed by atoms with E-state index in [0.717, 1.165) is 18.5 Å². The van der Waals surface area contributed by atoms with Crippen LogP contribution in [0.1, 0.15) is 35.2 Å². The molecule has 0 spiro atoms. The van der Waals surface area contributed by atoms with Crippen LogP contribution >= 0.6 is 0 Å². The number of hydrogen-bond acceptors (Lipinski definition) is 2. The highest BCUT2D eigenvalue weighted by Crippen LogP contribution is 2.23.